The first-order valence-electron chi connectivity index (χ1n) is 6.42. The Morgan fingerprint density at radius 3 is 2.79 bits per heavy atom. The third-order valence-electron chi connectivity index (χ3n) is 2.74. The van der Waals surface area contributed by atoms with Crippen LogP contribution in [0.5, 0.6) is 0 Å². The number of aliphatic hydroxyl groups is 1. The monoisotopic (exact) mass is 277 g/mol. The van der Waals surface area contributed by atoms with Crippen LogP contribution in [0, 0.1) is 0 Å². The van der Waals surface area contributed by atoms with Gasteiger partial charge in [-0.15, -0.1) is 0 Å². The van der Waals surface area contributed by atoms with Gasteiger partial charge in [-0.2, -0.15) is 11.3 Å². The lowest BCUT2D eigenvalue weighted by Gasteiger charge is -2.12. The van der Waals surface area contributed by atoms with Crippen LogP contribution in [0.25, 0.3) is 0 Å². The molecule has 2 heterocycles. The predicted molar refractivity (Wildman–Crippen MR) is 80.8 cm³/mol. The second-order valence-electron chi connectivity index (χ2n) is 4.34. The number of hydrogen-bond donors (Lipinski definition) is 3. The molecule has 5 heteroatoms. The Morgan fingerprint density at radius 1 is 1.32 bits per heavy atom. The number of rotatable bonds is 7. The number of aliphatic hydroxyl groups excluding tert-OH is 1. The van der Waals surface area contributed by atoms with Gasteiger partial charge >= 0.3 is 0 Å². The quantitative estimate of drug-likeness (QED) is 0.728. The van der Waals surface area contributed by atoms with E-state index >= 15 is 0 Å². The van der Waals surface area contributed by atoms with Crippen LogP contribution in [-0.4, -0.2) is 23.2 Å². The second kappa shape index (κ2) is 7.11. The minimum atomic E-state index is -0.487. The summed E-state index contributed by atoms with van der Waals surface area (Å²) < 4.78 is 0. The highest BCUT2D eigenvalue weighted by molar-refractivity contribution is 7.07. The molecule has 0 fully saturated rings. The Hall–Kier alpha value is -1.59. The van der Waals surface area contributed by atoms with Crippen molar-refractivity contribution in [3.8, 4) is 0 Å². The van der Waals surface area contributed by atoms with Crippen LogP contribution in [0.15, 0.2) is 35.3 Å². The Labute approximate surface area is 117 Å². The summed E-state index contributed by atoms with van der Waals surface area (Å²) >= 11 is 1.59. The molecule has 0 aliphatic carbocycles. The first kappa shape index (κ1) is 13.8. The maximum atomic E-state index is 9.99. The zero-order valence-electron chi connectivity index (χ0n) is 11.0. The number of pyridine rings is 1. The number of anilines is 2. The fourth-order valence-electron chi connectivity index (χ4n) is 1.70. The number of nitrogens with zero attached hydrogens (tertiary/aromatic N) is 1. The molecule has 19 heavy (non-hydrogen) atoms. The van der Waals surface area contributed by atoms with Crippen LogP contribution < -0.4 is 10.6 Å². The third-order valence-corrected chi connectivity index (χ3v) is 3.45. The molecule has 0 saturated carbocycles. The summed E-state index contributed by atoms with van der Waals surface area (Å²) in [5, 5.41) is 20.4. The van der Waals surface area contributed by atoms with Crippen molar-refractivity contribution in [3.63, 3.8) is 0 Å². The maximum Gasteiger partial charge on any atom is 0.0970 e. The smallest absolute Gasteiger partial charge is 0.0970 e. The summed E-state index contributed by atoms with van der Waals surface area (Å²) in [4.78, 5) is 4.17. The number of thiophene rings is 1. The molecule has 2 aromatic heterocycles. The lowest BCUT2D eigenvalue weighted by molar-refractivity contribution is 0.192. The minimum absolute atomic E-state index is 0.482. The summed E-state index contributed by atoms with van der Waals surface area (Å²) in [6.45, 7) is 3.54. The van der Waals surface area contributed by atoms with Crippen LogP contribution in [0.2, 0.25) is 0 Å². The fourth-order valence-corrected chi connectivity index (χ4v) is 2.41. The molecule has 0 aliphatic rings. The van der Waals surface area contributed by atoms with Gasteiger partial charge in [0.15, 0.2) is 0 Å². The molecule has 2 rings (SSSR count). The molecule has 4 nitrogen and oxygen atoms in total. The van der Waals surface area contributed by atoms with Gasteiger partial charge < -0.3 is 15.7 Å². The average molecular weight is 277 g/mol. The van der Waals surface area contributed by atoms with E-state index in [4.69, 9.17) is 0 Å². The van der Waals surface area contributed by atoms with Gasteiger partial charge in [0.25, 0.3) is 0 Å². The molecule has 3 N–H and O–H groups in total. The number of aromatic nitrogens is 1. The van der Waals surface area contributed by atoms with Gasteiger partial charge in [-0.25, -0.2) is 0 Å². The normalized spacial score (nSPS) is 12.1. The molecular weight excluding hydrogens is 258 g/mol. The van der Waals surface area contributed by atoms with Crippen molar-refractivity contribution in [1.82, 2.24) is 4.98 Å². The molecule has 1 unspecified atom stereocenters. The van der Waals surface area contributed by atoms with Crippen molar-refractivity contribution in [2.45, 2.75) is 19.4 Å². The van der Waals surface area contributed by atoms with E-state index in [0.717, 1.165) is 29.9 Å². The van der Waals surface area contributed by atoms with E-state index in [1.165, 1.54) is 0 Å². The summed E-state index contributed by atoms with van der Waals surface area (Å²) in [6, 6.07) is 3.94. The van der Waals surface area contributed by atoms with E-state index in [1.807, 2.05) is 22.9 Å². The molecular formula is C14H19N3OS. The van der Waals surface area contributed by atoms with Crippen LogP contribution in [-0.2, 0) is 0 Å². The van der Waals surface area contributed by atoms with Crippen molar-refractivity contribution >= 4 is 22.7 Å². The molecule has 1 atom stereocenters. The van der Waals surface area contributed by atoms with Crippen molar-refractivity contribution in [3.05, 3.63) is 40.8 Å². The summed E-state index contributed by atoms with van der Waals surface area (Å²) in [6.07, 6.45) is 4.15. The molecule has 0 radical (unpaired) electrons. The molecule has 0 amide bonds. The molecule has 0 aromatic carbocycles. The summed E-state index contributed by atoms with van der Waals surface area (Å²) in [7, 11) is 0. The Balaban J connectivity index is 1.88. The Kier molecular flexibility index (Phi) is 5.18. The highest BCUT2D eigenvalue weighted by Gasteiger charge is 2.07. The molecule has 0 aliphatic heterocycles. The van der Waals surface area contributed by atoms with Gasteiger partial charge in [-0.05, 0) is 34.9 Å². The zero-order valence-corrected chi connectivity index (χ0v) is 11.8. The lowest BCUT2D eigenvalue weighted by Crippen LogP contribution is -2.12. The predicted octanol–water partition coefficient (Wildman–Crippen LogP) is 3.11. The van der Waals surface area contributed by atoms with E-state index in [9.17, 15) is 5.11 Å². The van der Waals surface area contributed by atoms with Crippen LogP contribution in [0.1, 0.15) is 25.0 Å². The topological polar surface area (TPSA) is 57.2 Å². The SMILES string of the molecule is CCCNc1cncc(NCC(O)c2ccsc2)c1. The van der Waals surface area contributed by atoms with E-state index in [2.05, 4.69) is 22.5 Å². The number of hydrogen-bond acceptors (Lipinski definition) is 5. The Morgan fingerprint density at radius 2 is 2.11 bits per heavy atom. The van der Waals surface area contributed by atoms with Crippen molar-refractivity contribution in [1.29, 1.82) is 0 Å². The van der Waals surface area contributed by atoms with Crippen molar-refractivity contribution in [2.75, 3.05) is 23.7 Å². The molecule has 2 aromatic rings. The van der Waals surface area contributed by atoms with Crippen LogP contribution in [0.4, 0.5) is 11.4 Å². The Bertz CT molecular complexity index is 487. The maximum absolute atomic E-state index is 9.99. The molecule has 0 saturated heterocycles. The highest BCUT2D eigenvalue weighted by Crippen LogP contribution is 2.18. The fraction of sp³-hybridized carbons (Fsp3) is 0.357. The molecule has 102 valence electrons. The summed E-state index contributed by atoms with van der Waals surface area (Å²) in [5.74, 6) is 0. The minimum Gasteiger partial charge on any atom is -0.387 e. The molecule has 0 spiro atoms. The molecule has 0 bridgehead atoms. The van der Waals surface area contributed by atoms with E-state index < -0.39 is 6.10 Å². The number of nitrogens with one attached hydrogen (secondary N) is 2. The van der Waals surface area contributed by atoms with Gasteiger partial charge in [0, 0.05) is 13.1 Å². The zero-order chi connectivity index (χ0) is 13.5. The van der Waals surface area contributed by atoms with Crippen LogP contribution >= 0.6 is 11.3 Å². The van der Waals surface area contributed by atoms with E-state index in [1.54, 1.807) is 23.7 Å². The first-order chi connectivity index (χ1) is 9.29. The van der Waals surface area contributed by atoms with Gasteiger partial charge in [-0.3, -0.25) is 4.98 Å². The van der Waals surface area contributed by atoms with Crippen LogP contribution in [0.3, 0.4) is 0 Å². The van der Waals surface area contributed by atoms with E-state index in [0.29, 0.717) is 6.54 Å². The average Bonchev–Trinajstić information content (AvgIpc) is 2.97. The van der Waals surface area contributed by atoms with Gasteiger partial charge in [-0.1, -0.05) is 6.92 Å². The van der Waals surface area contributed by atoms with Crippen molar-refractivity contribution in [2.24, 2.45) is 0 Å². The van der Waals surface area contributed by atoms with Crippen molar-refractivity contribution < 1.29 is 5.11 Å². The highest BCUT2D eigenvalue weighted by atomic mass is 32.1. The summed E-state index contributed by atoms with van der Waals surface area (Å²) in [5.41, 5.74) is 2.86. The lowest BCUT2D eigenvalue weighted by atomic mass is 10.2. The second-order valence-corrected chi connectivity index (χ2v) is 5.12. The third kappa shape index (κ3) is 4.22. The first-order valence-corrected chi connectivity index (χ1v) is 7.37. The standard InChI is InChI=1S/C14H19N3OS/c1-2-4-16-12-6-13(8-15-7-12)17-9-14(18)11-3-5-19-10-11/h3,5-8,10,14,16-18H,2,4,9H2,1H3. The van der Waals surface area contributed by atoms with Gasteiger partial charge in [0.05, 0.1) is 29.9 Å². The van der Waals surface area contributed by atoms with Gasteiger partial charge in [0.2, 0.25) is 0 Å². The van der Waals surface area contributed by atoms with E-state index in [-0.39, 0.29) is 0 Å². The van der Waals surface area contributed by atoms with Gasteiger partial charge in [0.1, 0.15) is 0 Å². The largest absolute Gasteiger partial charge is 0.387 e.